The van der Waals surface area contributed by atoms with Crippen molar-refractivity contribution < 1.29 is 0 Å². The Labute approximate surface area is 100 Å². The van der Waals surface area contributed by atoms with Crippen molar-refractivity contribution in [1.29, 1.82) is 0 Å². The molecule has 16 heavy (non-hydrogen) atoms. The smallest absolute Gasteiger partial charge is 0.0406 e. The van der Waals surface area contributed by atoms with Crippen molar-refractivity contribution >= 4 is 11.6 Å². The van der Waals surface area contributed by atoms with Crippen LogP contribution in [0.25, 0.3) is 0 Å². The minimum absolute atomic E-state index is 0.343. The van der Waals surface area contributed by atoms with E-state index in [9.17, 15) is 0 Å². The first-order valence-electron chi connectivity index (χ1n) is 5.37. The molecule has 84 valence electrons. The molecule has 0 radical (unpaired) electrons. The molecule has 0 aliphatic rings. The summed E-state index contributed by atoms with van der Waals surface area (Å²) in [5.41, 5.74) is 8.26. The third-order valence-corrected chi connectivity index (χ3v) is 3.01. The molecule has 1 heterocycles. The number of hydrogen-bond acceptors (Lipinski definition) is 1. The van der Waals surface area contributed by atoms with Gasteiger partial charge in [0.25, 0.3) is 0 Å². The number of aromatic nitrogens is 1. The molecule has 0 spiro atoms. The zero-order chi connectivity index (χ0) is 11.4. The quantitative estimate of drug-likeness (QED) is 0.839. The number of aromatic amines is 1. The van der Waals surface area contributed by atoms with E-state index >= 15 is 0 Å². The fourth-order valence-electron chi connectivity index (χ4n) is 1.83. The van der Waals surface area contributed by atoms with Crippen molar-refractivity contribution in [2.75, 3.05) is 6.54 Å². The Morgan fingerprint density at radius 3 is 2.50 bits per heavy atom. The van der Waals surface area contributed by atoms with Gasteiger partial charge in [0, 0.05) is 22.8 Å². The summed E-state index contributed by atoms with van der Waals surface area (Å²) in [4.78, 5) is 3.20. The molecule has 0 fully saturated rings. The Balaban J connectivity index is 2.13. The number of benzene rings is 1. The highest BCUT2D eigenvalue weighted by Crippen LogP contribution is 2.21. The zero-order valence-electron chi connectivity index (χ0n) is 8.99. The van der Waals surface area contributed by atoms with Crippen molar-refractivity contribution in [2.45, 2.75) is 12.3 Å². The number of nitrogens with one attached hydrogen (secondary N) is 1. The van der Waals surface area contributed by atoms with Crippen LogP contribution in [0.3, 0.4) is 0 Å². The first-order chi connectivity index (χ1) is 7.79. The second-order valence-corrected chi connectivity index (χ2v) is 4.32. The van der Waals surface area contributed by atoms with Crippen molar-refractivity contribution in [1.82, 2.24) is 4.98 Å². The summed E-state index contributed by atoms with van der Waals surface area (Å²) in [6.45, 7) is 0.640. The zero-order valence-corrected chi connectivity index (χ0v) is 9.74. The molecule has 0 saturated heterocycles. The number of hydrogen-bond donors (Lipinski definition) is 2. The molecule has 2 nitrogen and oxygen atoms in total. The summed E-state index contributed by atoms with van der Waals surface area (Å²) in [5.74, 6) is 0.343. The molecule has 3 heteroatoms. The van der Waals surface area contributed by atoms with Gasteiger partial charge in [-0.15, -0.1) is 0 Å². The van der Waals surface area contributed by atoms with Gasteiger partial charge in [0.1, 0.15) is 0 Å². The minimum Gasteiger partial charge on any atom is -0.365 e. The van der Waals surface area contributed by atoms with Crippen molar-refractivity contribution in [3.8, 4) is 0 Å². The second-order valence-electron chi connectivity index (χ2n) is 3.88. The van der Waals surface area contributed by atoms with Gasteiger partial charge in [-0.05, 0) is 42.8 Å². The highest BCUT2D eigenvalue weighted by atomic mass is 35.5. The molecule has 1 unspecified atom stereocenters. The molecular formula is C13H15ClN2. The monoisotopic (exact) mass is 234 g/mol. The van der Waals surface area contributed by atoms with E-state index in [4.69, 9.17) is 17.3 Å². The van der Waals surface area contributed by atoms with Crippen LogP contribution in [0.1, 0.15) is 17.2 Å². The summed E-state index contributed by atoms with van der Waals surface area (Å²) < 4.78 is 0. The van der Waals surface area contributed by atoms with E-state index in [1.165, 1.54) is 11.3 Å². The molecular weight excluding hydrogens is 220 g/mol. The molecule has 2 aromatic rings. The van der Waals surface area contributed by atoms with Gasteiger partial charge < -0.3 is 10.7 Å². The van der Waals surface area contributed by atoms with E-state index in [0.29, 0.717) is 12.5 Å². The maximum atomic E-state index is 5.86. The average molecular weight is 235 g/mol. The average Bonchev–Trinajstić information content (AvgIpc) is 2.80. The maximum absolute atomic E-state index is 5.86. The summed E-state index contributed by atoms with van der Waals surface area (Å²) in [5, 5.41) is 0.763. The van der Waals surface area contributed by atoms with Gasteiger partial charge in [-0.1, -0.05) is 23.7 Å². The van der Waals surface area contributed by atoms with Gasteiger partial charge in [-0.25, -0.2) is 0 Å². The van der Waals surface area contributed by atoms with Crippen molar-refractivity contribution in [2.24, 2.45) is 5.73 Å². The van der Waals surface area contributed by atoms with Gasteiger partial charge in [0.05, 0.1) is 0 Å². The van der Waals surface area contributed by atoms with E-state index in [2.05, 4.69) is 11.1 Å². The van der Waals surface area contributed by atoms with Gasteiger partial charge in [0.2, 0.25) is 0 Å². The largest absolute Gasteiger partial charge is 0.365 e. The predicted octanol–water partition coefficient (Wildman–Crippen LogP) is 2.95. The Kier molecular flexibility index (Phi) is 3.65. The Morgan fingerprint density at radius 2 is 1.94 bits per heavy atom. The van der Waals surface area contributed by atoms with Crippen LogP contribution in [-0.4, -0.2) is 11.5 Å². The third kappa shape index (κ3) is 2.65. The van der Waals surface area contributed by atoms with Crippen LogP contribution in [0.4, 0.5) is 0 Å². The lowest BCUT2D eigenvalue weighted by Gasteiger charge is -2.14. The normalized spacial score (nSPS) is 12.6. The van der Waals surface area contributed by atoms with E-state index in [1.807, 2.05) is 36.5 Å². The Bertz CT molecular complexity index is 420. The lowest BCUT2D eigenvalue weighted by Crippen LogP contribution is -2.15. The topological polar surface area (TPSA) is 41.8 Å². The highest BCUT2D eigenvalue weighted by molar-refractivity contribution is 6.30. The number of halogens is 1. The molecule has 0 amide bonds. The second kappa shape index (κ2) is 5.19. The molecule has 0 aliphatic carbocycles. The van der Waals surface area contributed by atoms with E-state index in [-0.39, 0.29) is 0 Å². The van der Waals surface area contributed by atoms with Crippen LogP contribution < -0.4 is 5.73 Å². The molecule has 1 aromatic carbocycles. The number of nitrogens with two attached hydrogens (primary N) is 1. The highest BCUT2D eigenvalue weighted by Gasteiger charge is 2.10. The molecule has 2 rings (SSSR count). The van der Waals surface area contributed by atoms with Gasteiger partial charge in [-0.2, -0.15) is 0 Å². The fourth-order valence-corrected chi connectivity index (χ4v) is 1.96. The first-order valence-corrected chi connectivity index (χ1v) is 5.75. The molecule has 1 atom stereocenters. The van der Waals surface area contributed by atoms with Crippen molar-refractivity contribution in [3.05, 3.63) is 58.9 Å². The maximum Gasteiger partial charge on any atom is 0.0406 e. The van der Waals surface area contributed by atoms with E-state index < -0.39 is 0 Å². The van der Waals surface area contributed by atoms with Crippen LogP contribution in [0.2, 0.25) is 5.02 Å². The van der Waals surface area contributed by atoms with Crippen molar-refractivity contribution in [3.63, 3.8) is 0 Å². The molecule has 0 bridgehead atoms. The van der Waals surface area contributed by atoms with Crippen LogP contribution in [-0.2, 0) is 6.42 Å². The third-order valence-electron chi connectivity index (χ3n) is 2.75. The van der Waals surface area contributed by atoms with Crippen LogP contribution in [0.5, 0.6) is 0 Å². The molecule has 0 aliphatic heterocycles. The lowest BCUT2D eigenvalue weighted by atomic mass is 9.94. The minimum atomic E-state index is 0.343. The lowest BCUT2D eigenvalue weighted by molar-refractivity contribution is 0.684. The Morgan fingerprint density at radius 1 is 1.19 bits per heavy atom. The predicted molar refractivity (Wildman–Crippen MR) is 67.7 cm³/mol. The Hall–Kier alpha value is -1.25. The molecule has 1 aromatic heterocycles. The van der Waals surface area contributed by atoms with Crippen LogP contribution in [0.15, 0.2) is 42.6 Å². The summed E-state index contributed by atoms with van der Waals surface area (Å²) in [6, 6.07) is 12.0. The first kappa shape index (κ1) is 11.2. The van der Waals surface area contributed by atoms with Gasteiger partial charge >= 0.3 is 0 Å². The van der Waals surface area contributed by atoms with Crippen LogP contribution >= 0.6 is 11.6 Å². The van der Waals surface area contributed by atoms with Crippen LogP contribution in [0, 0.1) is 0 Å². The van der Waals surface area contributed by atoms with E-state index in [0.717, 1.165) is 11.4 Å². The summed E-state index contributed by atoms with van der Waals surface area (Å²) >= 11 is 5.86. The summed E-state index contributed by atoms with van der Waals surface area (Å²) in [7, 11) is 0. The standard InChI is InChI=1S/C13H15ClN2/c14-12-5-3-10(4-6-12)11(9-15)8-13-2-1-7-16-13/h1-7,11,16H,8-9,15H2. The fraction of sp³-hybridized carbons (Fsp3) is 0.231. The number of rotatable bonds is 4. The molecule has 3 N–H and O–H groups in total. The summed E-state index contributed by atoms with van der Waals surface area (Å²) in [6.07, 6.45) is 2.87. The van der Waals surface area contributed by atoms with Gasteiger partial charge in [0.15, 0.2) is 0 Å². The SMILES string of the molecule is NCC(Cc1ccc[nH]1)c1ccc(Cl)cc1. The number of H-pyrrole nitrogens is 1. The van der Waals surface area contributed by atoms with E-state index in [1.54, 1.807) is 0 Å². The molecule has 0 saturated carbocycles. The van der Waals surface area contributed by atoms with Gasteiger partial charge in [-0.3, -0.25) is 0 Å².